The monoisotopic (exact) mass is 415 g/mol. The van der Waals surface area contributed by atoms with Gasteiger partial charge in [0, 0.05) is 12.1 Å². The Bertz CT molecular complexity index is 1240. The molecular formula is C21H21NO6S. The molecule has 0 N–H and O–H groups in total. The number of carbonyl (C=O) groups is 1. The van der Waals surface area contributed by atoms with E-state index in [-0.39, 0.29) is 29.2 Å². The van der Waals surface area contributed by atoms with Crippen molar-refractivity contribution < 1.29 is 22.0 Å². The average molecular weight is 415 g/mol. The van der Waals surface area contributed by atoms with Crippen LogP contribution in [0.3, 0.4) is 0 Å². The quantitative estimate of drug-likeness (QED) is 0.650. The van der Waals surface area contributed by atoms with Gasteiger partial charge in [-0.05, 0) is 55.7 Å². The normalized spacial score (nSPS) is 18.2. The first-order valence-electron chi connectivity index (χ1n) is 9.32. The number of rotatable bonds is 4. The second-order valence-corrected chi connectivity index (χ2v) is 9.71. The third-order valence-corrected chi connectivity index (χ3v) is 7.12. The number of nitrogens with zero attached hydrogens (tertiary/aromatic N) is 1. The SMILES string of the molecule is Cc1cc2oc(C(=O)N(Cc3ccco3)[C@@H]3CCS(=O)(=O)C3)cc(=O)c2cc1C. The van der Waals surface area contributed by atoms with E-state index in [1.54, 1.807) is 24.3 Å². The highest BCUT2D eigenvalue weighted by molar-refractivity contribution is 7.91. The van der Waals surface area contributed by atoms with Crippen LogP contribution in [0.5, 0.6) is 0 Å². The minimum absolute atomic E-state index is 0.0275. The van der Waals surface area contributed by atoms with E-state index < -0.39 is 21.8 Å². The molecule has 0 spiro atoms. The van der Waals surface area contributed by atoms with Gasteiger partial charge in [0.05, 0.1) is 29.7 Å². The maximum atomic E-state index is 13.3. The van der Waals surface area contributed by atoms with Crippen LogP contribution < -0.4 is 5.43 Å². The van der Waals surface area contributed by atoms with E-state index in [0.29, 0.717) is 23.2 Å². The lowest BCUT2D eigenvalue weighted by Crippen LogP contribution is -2.40. The zero-order valence-corrected chi connectivity index (χ0v) is 17.0. The third kappa shape index (κ3) is 3.85. The van der Waals surface area contributed by atoms with Crippen molar-refractivity contribution in [3.8, 4) is 0 Å². The van der Waals surface area contributed by atoms with Gasteiger partial charge in [0.2, 0.25) is 0 Å². The maximum absolute atomic E-state index is 13.3. The van der Waals surface area contributed by atoms with Crippen LogP contribution in [-0.2, 0) is 16.4 Å². The summed E-state index contributed by atoms with van der Waals surface area (Å²) in [6, 6.07) is 7.57. The molecule has 0 unspecified atom stereocenters. The van der Waals surface area contributed by atoms with E-state index in [4.69, 9.17) is 8.83 Å². The lowest BCUT2D eigenvalue weighted by atomic mass is 10.1. The highest BCUT2D eigenvalue weighted by atomic mass is 32.2. The van der Waals surface area contributed by atoms with E-state index in [1.807, 2.05) is 13.8 Å². The molecule has 1 aromatic carbocycles. The van der Waals surface area contributed by atoms with Crippen molar-refractivity contribution in [3.63, 3.8) is 0 Å². The maximum Gasteiger partial charge on any atom is 0.290 e. The van der Waals surface area contributed by atoms with E-state index in [0.717, 1.165) is 11.1 Å². The van der Waals surface area contributed by atoms with Gasteiger partial charge in [0.1, 0.15) is 11.3 Å². The molecular weight excluding hydrogens is 394 g/mol. The summed E-state index contributed by atoms with van der Waals surface area (Å²) in [5.74, 6) is -0.199. The van der Waals surface area contributed by atoms with Gasteiger partial charge >= 0.3 is 0 Å². The summed E-state index contributed by atoms with van der Waals surface area (Å²) in [4.78, 5) is 27.3. The Morgan fingerprint density at radius 2 is 1.97 bits per heavy atom. The van der Waals surface area contributed by atoms with Gasteiger partial charge in [-0.3, -0.25) is 9.59 Å². The van der Waals surface area contributed by atoms with E-state index in [1.165, 1.54) is 17.2 Å². The molecule has 1 amide bonds. The fraction of sp³-hybridized carbons (Fsp3) is 0.333. The fourth-order valence-corrected chi connectivity index (χ4v) is 5.35. The number of hydrogen-bond donors (Lipinski definition) is 0. The van der Waals surface area contributed by atoms with Crippen molar-refractivity contribution in [2.24, 2.45) is 0 Å². The summed E-state index contributed by atoms with van der Waals surface area (Å²) in [6.07, 6.45) is 1.83. The summed E-state index contributed by atoms with van der Waals surface area (Å²) in [7, 11) is -3.21. The Labute approximate surface area is 167 Å². The van der Waals surface area contributed by atoms with Gasteiger partial charge in [-0.1, -0.05) is 0 Å². The second-order valence-electron chi connectivity index (χ2n) is 7.48. The van der Waals surface area contributed by atoms with Crippen LogP contribution in [0.4, 0.5) is 0 Å². The van der Waals surface area contributed by atoms with Gasteiger partial charge < -0.3 is 13.7 Å². The number of sulfone groups is 1. The predicted molar refractivity (Wildman–Crippen MR) is 108 cm³/mol. The number of aryl methyl sites for hydroxylation is 2. The number of carbonyl (C=O) groups excluding carboxylic acids is 1. The van der Waals surface area contributed by atoms with E-state index >= 15 is 0 Å². The number of furan rings is 1. The van der Waals surface area contributed by atoms with Crippen molar-refractivity contribution in [2.75, 3.05) is 11.5 Å². The molecule has 1 fully saturated rings. The van der Waals surface area contributed by atoms with E-state index in [2.05, 4.69) is 0 Å². The van der Waals surface area contributed by atoms with Crippen LogP contribution in [0.15, 0.2) is 50.2 Å². The Morgan fingerprint density at radius 1 is 1.21 bits per heavy atom. The highest BCUT2D eigenvalue weighted by Gasteiger charge is 2.36. The number of fused-ring (bicyclic) bond motifs is 1. The Hall–Kier alpha value is -2.87. The first-order chi connectivity index (χ1) is 13.7. The van der Waals surface area contributed by atoms with Crippen LogP contribution in [0, 0.1) is 13.8 Å². The standard InChI is InChI=1S/C21H21NO6S/c1-13-8-17-18(23)10-20(28-19(17)9-14(13)2)21(24)22(11-16-4-3-6-27-16)15-5-7-29(25,26)12-15/h3-4,6,8-10,15H,5,7,11-12H2,1-2H3/t15-/m1/s1. The van der Waals surface area contributed by atoms with Gasteiger partial charge in [0.15, 0.2) is 21.0 Å². The molecule has 3 aromatic rings. The molecule has 29 heavy (non-hydrogen) atoms. The molecule has 8 heteroatoms. The average Bonchev–Trinajstić information content (AvgIpc) is 3.29. The first-order valence-corrected chi connectivity index (χ1v) is 11.1. The summed E-state index contributed by atoms with van der Waals surface area (Å²) in [5.41, 5.74) is 1.93. The van der Waals surface area contributed by atoms with Crippen LogP contribution >= 0.6 is 0 Å². The van der Waals surface area contributed by atoms with Gasteiger partial charge in [0.25, 0.3) is 5.91 Å². The van der Waals surface area contributed by atoms with Gasteiger partial charge in [-0.25, -0.2) is 8.42 Å². The lowest BCUT2D eigenvalue weighted by molar-refractivity contribution is 0.0634. The number of amides is 1. The molecule has 0 aliphatic carbocycles. The summed E-state index contributed by atoms with van der Waals surface area (Å²) in [5, 5.41) is 0.408. The molecule has 3 heterocycles. The molecule has 4 rings (SSSR count). The second kappa shape index (κ2) is 7.18. The van der Waals surface area contributed by atoms with Crippen molar-refractivity contribution in [1.82, 2.24) is 4.90 Å². The molecule has 1 aliphatic rings. The highest BCUT2D eigenvalue weighted by Crippen LogP contribution is 2.24. The number of benzene rings is 1. The molecule has 1 saturated heterocycles. The predicted octanol–water partition coefficient (Wildman–Crippen LogP) is 2.83. The van der Waals surface area contributed by atoms with Gasteiger partial charge in [-0.2, -0.15) is 0 Å². The van der Waals surface area contributed by atoms with Crippen molar-refractivity contribution in [3.05, 3.63) is 69.5 Å². The van der Waals surface area contributed by atoms with Crippen molar-refractivity contribution in [2.45, 2.75) is 32.9 Å². The van der Waals surface area contributed by atoms with Crippen molar-refractivity contribution in [1.29, 1.82) is 0 Å². The topological polar surface area (TPSA) is 97.8 Å². The van der Waals surface area contributed by atoms with Crippen LogP contribution in [0.1, 0.15) is 33.9 Å². The molecule has 1 aliphatic heterocycles. The summed E-state index contributed by atoms with van der Waals surface area (Å²) >= 11 is 0. The summed E-state index contributed by atoms with van der Waals surface area (Å²) in [6.45, 7) is 3.90. The third-order valence-electron chi connectivity index (χ3n) is 5.37. The lowest BCUT2D eigenvalue weighted by Gasteiger charge is -2.27. The van der Waals surface area contributed by atoms with Gasteiger partial charge in [-0.15, -0.1) is 0 Å². The molecule has 2 aromatic heterocycles. The first kappa shape index (κ1) is 19.4. The zero-order valence-electron chi connectivity index (χ0n) is 16.2. The molecule has 7 nitrogen and oxygen atoms in total. The largest absolute Gasteiger partial charge is 0.467 e. The fourth-order valence-electron chi connectivity index (χ4n) is 3.62. The minimum Gasteiger partial charge on any atom is -0.467 e. The molecule has 0 radical (unpaired) electrons. The minimum atomic E-state index is -3.21. The van der Waals surface area contributed by atoms with Crippen LogP contribution in [0.2, 0.25) is 0 Å². The van der Waals surface area contributed by atoms with E-state index in [9.17, 15) is 18.0 Å². The Kier molecular flexibility index (Phi) is 4.82. The van der Waals surface area contributed by atoms with Crippen LogP contribution in [0.25, 0.3) is 11.0 Å². The summed E-state index contributed by atoms with van der Waals surface area (Å²) < 4.78 is 35.1. The zero-order chi connectivity index (χ0) is 20.8. The van der Waals surface area contributed by atoms with Crippen molar-refractivity contribution >= 4 is 26.7 Å². The molecule has 0 saturated carbocycles. The Balaban J connectivity index is 1.75. The molecule has 0 bridgehead atoms. The van der Waals surface area contributed by atoms with Crippen LogP contribution in [-0.4, -0.2) is 36.8 Å². The molecule has 1 atom stereocenters. The number of hydrogen-bond acceptors (Lipinski definition) is 6. The smallest absolute Gasteiger partial charge is 0.290 e. The Morgan fingerprint density at radius 3 is 2.62 bits per heavy atom. The molecule has 152 valence electrons.